The zero-order chi connectivity index (χ0) is 11.4. The number of ether oxygens (including phenoxy) is 1. The van der Waals surface area contributed by atoms with Gasteiger partial charge < -0.3 is 16.2 Å². The van der Waals surface area contributed by atoms with Crippen molar-refractivity contribution >= 4 is 17.7 Å². The van der Waals surface area contributed by atoms with Crippen LogP contribution in [0.5, 0.6) is 0 Å². The summed E-state index contributed by atoms with van der Waals surface area (Å²) in [6.45, 7) is 4.62. The number of nitrogens with zero attached hydrogens (tertiary/aromatic N) is 1. The number of ketones is 1. The molecule has 0 radical (unpaired) electrons. The van der Waals surface area contributed by atoms with Crippen LogP contribution in [0.25, 0.3) is 0 Å². The summed E-state index contributed by atoms with van der Waals surface area (Å²) in [5.74, 6) is -1.93. The molecule has 6 nitrogen and oxygen atoms in total. The maximum absolute atomic E-state index is 11.0. The third kappa shape index (κ3) is 5.99. The summed E-state index contributed by atoms with van der Waals surface area (Å²) in [4.78, 5) is 25.5. The molecule has 6 heteroatoms. The summed E-state index contributed by atoms with van der Waals surface area (Å²) in [6.07, 6.45) is 0. The smallest absolute Gasteiger partial charge is 0.377 e. The van der Waals surface area contributed by atoms with Crippen LogP contribution in [-0.2, 0) is 14.3 Å². The molecule has 14 heavy (non-hydrogen) atoms. The van der Waals surface area contributed by atoms with Crippen LogP contribution in [0.4, 0.5) is 0 Å². The molecule has 0 bridgehead atoms. The molecule has 0 saturated carbocycles. The Hall–Kier alpha value is -1.59. The van der Waals surface area contributed by atoms with Gasteiger partial charge in [-0.3, -0.25) is 4.79 Å². The number of guanidine groups is 1. The van der Waals surface area contributed by atoms with E-state index in [9.17, 15) is 9.59 Å². The summed E-state index contributed by atoms with van der Waals surface area (Å²) >= 11 is 0. The first-order chi connectivity index (χ1) is 6.22. The highest BCUT2D eigenvalue weighted by Gasteiger charge is 2.22. The van der Waals surface area contributed by atoms with Crippen molar-refractivity contribution in [2.24, 2.45) is 16.5 Å². The molecule has 0 rings (SSSR count). The number of aliphatic imine (C=N–C) groups is 1. The van der Waals surface area contributed by atoms with Gasteiger partial charge in [0, 0.05) is 0 Å². The lowest BCUT2D eigenvalue weighted by Crippen LogP contribution is -2.31. The van der Waals surface area contributed by atoms with Crippen molar-refractivity contribution < 1.29 is 14.3 Å². The maximum atomic E-state index is 11.0. The van der Waals surface area contributed by atoms with Gasteiger partial charge in [0.05, 0.1) is 0 Å². The SMILES string of the molecule is CC(C)(C)OC(=O)C(=O)CN=C(N)N. The van der Waals surface area contributed by atoms with E-state index in [-0.39, 0.29) is 12.5 Å². The average molecular weight is 201 g/mol. The fourth-order valence-electron chi connectivity index (χ4n) is 0.563. The van der Waals surface area contributed by atoms with E-state index >= 15 is 0 Å². The Morgan fingerprint density at radius 2 is 1.79 bits per heavy atom. The summed E-state index contributed by atoms with van der Waals surface area (Å²) in [5.41, 5.74) is 9.29. The Bertz CT molecular complexity index is 261. The number of nitrogens with two attached hydrogens (primary N) is 2. The molecule has 4 N–H and O–H groups in total. The quantitative estimate of drug-likeness (QED) is 0.268. The van der Waals surface area contributed by atoms with Gasteiger partial charge in [0.2, 0.25) is 0 Å². The van der Waals surface area contributed by atoms with E-state index in [4.69, 9.17) is 16.2 Å². The molecule has 0 saturated heterocycles. The van der Waals surface area contributed by atoms with Crippen LogP contribution in [0.1, 0.15) is 20.8 Å². The fourth-order valence-corrected chi connectivity index (χ4v) is 0.563. The molecule has 0 unspecified atom stereocenters. The molecule has 0 fully saturated rings. The van der Waals surface area contributed by atoms with Crippen molar-refractivity contribution in [2.45, 2.75) is 26.4 Å². The van der Waals surface area contributed by atoms with E-state index < -0.39 is 17.4 Å². The Kier molecular flexibility index (Phi) is 4.07. The van der Waals surface area contributed by atoms with Crippen molar-refractivity contribution in [3.8, 4) is 0 Å². The van der Waals surface area contributed by atoms with Crippen LogP contribution < -0.4 is 11.5 Å². The van der Waals surface area contributed by atoms with E-state index in [1.54, 1.807) is 20.8 Å². The minimum Gasteiger partial charge on any atom is -0.454 e. The Morgan fingerprint density at radius 3 is 2.14 bits per heavy atom. The first kappa shape index (κ1) is 12.4. The standard InChI is InChI=1S/C8H15N3O3/c1-8(2,3)14-6(13)5(12)4-11-7(9)10/h4H2,1-3H3,(H4,9,10,11). The lowest BCUT2D eigenvalue weighted by atomic mass is 10.2. The van der Waals surface area contributed by atoms with Crippen LogP contribution in [0.2, 0.25) is 0 Å². The van der Waals surface area contributed by atoms with E-state index in [2.05, 4.69) is 4.99 Å². The van der Waals surface area contributed by atoms with Crippen molar-refractivity contribution in [2.75, 3.05) is 6.54 Å². The second kappa shape index (κ2) is 4.59. The third-order valence-electron chi connectivity index (χ3n) is 1.03. The number of esters is 1. The fraction of sp³-hybridized carbons (Fsp3) is 0.625. The van der Waals surface area contributed by atoms with Gasteiger partial charge in [-0.2, -0.15) is 0 Å². The maximum Gasteiger partial charge on any atom is 0.377 e. The number of carbonyl (C=O) groups excluding carboxylic acids is 2. The number of Topliss-reactive ketones (excluding diaryl/α,β-unsaturated/α-hetero) is 1. The molecule has 0 spiro atoms. The highest BCUT2D eigenvalue weighted by molar-refractivity contribution is 6.34. The van der Waals surface area contributed by atoms with Gasteiger partial charge in [-0.15, -0.1) is 0 Å². The minimum absolute atomic E-state index is 0.234. The molecule has 0 aromatic rings. The first-order valence-corrected chi connectivity index (χ1v) is 4.04. The van der Waals surface area contributed by atoms with Crippen LogP contribution in [-0.4, -0.2) is 29.9 Å². The van der Waals surface area contributed by atoms with E-state index in [1.807, 2.05) is 0 Å². The van der Waals surface area contributed by atoms with Crippen molar-refractivity contribution in [3.63, 3.8) is 0 Å². The van der Waals surface area contributed by atoms with E-state index in [0.29, 0.717) is 0 Å². The van der Waals surface area contributed by atoms with Crippen molar-refractivity contribution in [3.05, 3.63) is 0 Å². The molecule has 0 atom stereocenters. The second-order valence-electron chi connectivity index (χ2n) is 3.67. The molecule has 0 heterocycles. The zero-order valence-corrected chi connectivity index (χ0v) is 8.53. The van der Waals surface area contributed by atoms with Gasteiger partial charge in [-0.25, -0.2) is 9.79 Å². The highest BCUT2D eigenvalue weighted by Crippen LogP contribution is 2.06. The molecular formula is C8H15N3O3. The third-order valence-corrected chi connectivity index (χ3v) is 1.03. The summed E-state index contributed by atoms with van der Waals surface area (Å²) in [7, 11) is 0. The van der Waals surface area contributed by atoms with Crippen LogP contribution >= 0.6 is 0 Å². The largest absolute Gasteiger partial charge is 0.454 e. The molecular weight excluding hydrogens is 186 g/mol. The molecule has 0 aliphatic carbocycles. The summed E-state index contributed by atoms with van der Waals surface area (Å²) in [5, 5.41) is 0. The Balaban J connectivity index is 4.15. The van der Waals surface area contributed by atoms with Crippen molar-refractivity contribution in [1.82, 2.24) is 0 Å². The minimum atomic E-state index is -0.928. The number of hydrogen-bond donors (Lipinski definition) is 2. The zero-order valence-electron chi connectivity index (χ0n) is 8.53. The predicted molar refractivity (Wildman–Crippen MR) is 51.5 cm³/mol. The molecule has 0 aliphatic rings. The lowest BCUT2D eigenvalue weighted by molar-refractivity contribution is -0.161. The van der Waals surface area contributed by atoms with Gasteiger partial charge in [0.15, 0.2) is 5.96 Å². The van der Waals surface area contributed by atoms with Gasteiger partial charge in [0.1, 0.15) is 12.1 Å². The van der Waals surface area contributed by atoms with E-state index in [0.717, 1.165) is 0 Å². The highest BCUT2D eigenvalue weighted by atomic mass is 16.6. The molecule has 0 aromatic carbocycles. The lowest BCUT2D eigenvalue weighted by Gasteiger charge is -2.18. The van der Waals surface area contributed by atoms with Gasteiger partial charge >= 0.3 is 5.97 Å². The number of rotatable bonds is 3. The second-order valence-corrected chi connectivity index (χ2v) is 3.67. The van der Waals surface area contributed by atoms with Crippen molar-refractivity contribution in [1.29, 1.82) is 0 Å². The molecule has 0 aromatic heterocycles. The summed E-state index contributed by atoms with van der Waals surface area (Å²) < 4.78 is 4.79. The molecule has 0 amide bonds. The molecule has 0 aliphatic heterocycles. The number of carbonyl (C=O) groups is 2. The number of hydrogen-bond acceptors (Lipinski definition) is 4. The van der Waals surface area contributed by atoms with Crippen LogP contribution in [0.3, 0.4) is 0 Å². The van der Waals surface area contributed by atoms with Gasteiger partial charge in [-0.05, 0) is 20.8 Å². The van der Waals surface area contributed by atoms with Gasteiger partial charge in [0.25, 0.3) is 5.78 Å². The normalized spacial score (nSPS) is 10.5. The molecule has 80 valence electrons. The first-order valence-electron chi connectivity index (χ1n) is 4.04. The van der Waals surface area contributed by atoms with Crippen LogP contribution in [0.15, 0.2) is 4.99 Å². The monoisotopic (exact) mass is 201 g/mol. The average Bonchev–Trinajstić information content (AvgIpc) is 1.96. The Labute approximate surface area is 82.3 Å². The summed E-state index contributed by atoms with van der Waals surface area (Å²) in [6, 6.07) is 0. The van der Waals surface area contributed by atoms with E-state index in [1.165, 1.54) is 0 Å². The predicted octanol–water partition coefficient (Wildman–Crippen LogP) is -0.829. The Morgan fingerprint density at radius 1 is 1.29 bits per heavy atom. The topological polar surface area (TPSA) is 108 Å². The van der Waals surface area contributed by atoms with Gasteiger partial charge in [-0.1, -0.05) is 0 Å². The van der Waals surface area contributed by atoms with Crippen LogP contribution in [0, 0.1) is 0 Å².